The number of para-hydroxylation sites is 1. The standard InChI is InChI=1S/C14H11N3O3/c1-20-14-11(7-10(8-15-14)17(18)19)13-6-9-4-2-3-5-12(9)16-13/h2-8,16H,1H3. The van der Waals surface area contributed by atoms with Crippen LogP contribution in [-0.4, -0.2) is 22.0 Å². The predicted molar refractivity (Wildman–Crippen MR) is 74.7 cm³/mol. The van der Waals surface area contributed by atoms with Crippen molar-refractivity contribution in [3.63, 3.8) is 0 Å². The molecule has 0 bridgehead atoms. The molecule has 0 unspecified atom stereocenters. The van der Waals surface area contributed by atoms with Crippen LogP contribution in [0.3, 0.4) is 0 Å². The topological polar surface area (TPSA) is 81.1 Å². The van der Waals surface area contributed by atoms with Gasteiger partial charge in [0.15, 0.2) is 0 Å². The fourth-order valence-corrected chi connectivity index (χ4v) is 2.12. The number of rotatable bonds is 3. The Hall–Kier alpha value is -2.89. The average molecular weight is 269 g/mol. The first kappa shape index (κ1) is 12.2. The summed E-state index contributed by atoms with van der Waals surface area (Å²) < 4.78 is 5.18. The summed E-state index contributed by atoms with van der Waals surface area (Å²) in [5, 5.41) is 11.9. The van der Waals surface area contributed by atoms with Crippen molar-refractivity contribution < 1.29 is 9.66 Å². The fraction of sp³-hybridized carbons (Fsp3) is 0.0714. The molecule has 0 radical (unpaired) electrons. The molecule has 0 aliphatic heterocycles. The molecule has 1 N–H and O–H groups in total. The molecule has 6 nitrogen and oxygen atoms in total. The smallest absolute Gasteiger partial charge is 0.288 e. The molecule has 1 aromatic carbocycles. The third kappa shape index (κ3) is 1.97. The van der Waals surface area contributed by atoms with Gasteiger partial charge in [-0.2, -0.15) is 0 Å². The molecule has 2 heterocycles. The first-order chi connectivity index (χ1) is 9.69. The first-order valence-corrected chi connectivity index (χ1v) is 5.95. The molecule has 0 aliphatic carbocycles. The molecule has 0 saturated heterocycles. The minimum absolute atomic E-state index is 0.0699. The summed E-state index contributed by atoms with van der Waals surface area (Å²) >= 11 is 0. The largest absolute Gasteiger partial charge is 0.481 e. The van der Waals surface area contributed by atoms with Gasteiger partial charge in [-0.3, -0.25) is 10.1 Å². The molecule has 3 aromatic rings. The first-order valence-electron chi connectivity index (χ1n) is 5.95. The van der Waals surface area contributed by atoms with Crippen LogP contribution in [0.4, 0.5) is 5.69 Å². The number of ether oxygens (including phenoxy) is 1. The minimum Gasteiger partial charge on any atom is -0.481 e. The number of nitrogens with one attached hydrogen (secondary N) is 1. The zero-order chi connectivity index (χ0) is 14.1. The van der Waals surface area contributed by atoms with Crippen molar-refractivity contribution in [1.29, 1.82) is 0 Å². The van der Waals surface area contributed by atoms with Gasteiger partial charge < -0.3 is 9.72 Å². The Morgan fingerprint density at radius 3 is 2.80 bits per heavy atom. The minimum atomic E-state index is -0.474. The summed E-state index contributed by atoms with van der Waals surface area (Å²) in [6, 6.07) is 11.1. The van der Waals surface area contributed by atoms with Crippen molar-refractivity contribution in [3.8, 4) is 17.1 Å². The summed E-state index contributed by atoms with van der Waals surface area (Å²) in [6.45, 7) is 0. The molecule has 6 heteroatoms. The van der Waals surface area contributed by atoms with Crippen LogP contribution in [0.25, 0.3) is 22.2 Å². The lowest BCUT2D eigenvalue weighted by Gasteiger charge is -2.05. The SMILES string of the molecule is COc1ncc([N+](=O)[O-])cc1-c1cc2ccccc2[nH]1. The summed E-state index contributed by atoms with van der Waals surface area (Å²) in [4.78, 5) is 17.6. The quantitative estimate of drug-likeness (QED) is 0.585. The molecule has 100 valence electrons. The van der Waals surface area contributed by atoms with Gasteiger partial charge in [0.25, 0.3) is 5.69 Å². The van der Waals surface area contributed by atoms with E-state index < -0.39 is 4.92 Å². The molecular formula is C14H11N3O3. The second-order valence-electron chi connectivity index (χ2n) is 4.28. The molecule has 0 fully saturated rings. The summed E-state index contributed by atoms with van der Waals surface area (Å²) in [6.07, 6.45) is 1.19. The van der Waals surface area contributed by atoms with Crippen molar-refractivity contribution in [2.24, 2.45) is 0 Å². The lowest BCUT2D eigenvalue weighted by atomic mass is 10.2. The zero-order valence-electron chi connectivity index (χ0n) is 10.7. The van der Waals surface area contributed by atoms with E-state index in [1.807, 2.05) is 30.3 Å². The van der Waals surface area contributed by atoms with Crippen LogP contribution >= 0.6 is 0 Å². The summed E-state index contributed by atoms with van der Waals surface area (Å²) in [7, 11) is 1.49. The molecule has 0 aliphatic rings. The monoisotopic (exact) mass is 269 g/mol. The van der Waals surface area contributed by atoms with Gasteiger partial charge in [0, 0.05) is 17.0 Å². The maximum Gasteiger partial charge on any atom is 0.288 e. The number of pyridine rings is 1. The van der Waals surface area contributed by atoms with Gasteiger partial charge >= 0.3 is 0 Å². The lowest BCUT2D eigenvalue weighted by Crippen LogP contribution is -1.95. The van der Waals surface area contributed by atoms with Crippen LogP contribution in [0.15, 0.2) is 42.6 Å². The van der Waals surface area contributed by atoms with Gasteiger partial charge in [-0.25, -0.2) is 4.98 Å². The molecule has 2 aromatic heterocycles. The number of methoxy groups -OCH3 is 1. The van der Waals surface area contributed by atoms with Gasteiger partial charge in [-0.15, -0.1) is 0 Å². The Morgan fingerprint density at radius 1 is 1.30 bits per heavy atom. The molecule has 3 rings (SSSR count). The predicted octanol–water partition coefficient (Wildman–Crippen LogP) is 3.15. The van der Waals surface area contributed by atoms with Crippen LogP contribution in [0.1, 0.15) is 0 Å². The maximum atomic E-state index is 10.9. The van der Waals surface area contributed by atoms with E-state index in [1.54, 1.807) is 0 Å². The van der Waals surface area contributed by atoms with E-state index >= 15 is 0 Å². The van der Waals surface area contributed by atoms with Gasteiger partial charge in [-0.05, 0) is 12.1 Å². The summed E-state index contributed by atoms with van der Waals surface area (Å²) in [5.41, 5.74) is 2.19. The molecule has 0 atom stereocenters. The molecule has 0 saturated carbocycles. The number of H-pyrrole nitrogens is 1. The number of fused-ring (bicyclic) bond motifs is 1. The molecular weight excluding hydrogens is 258 g/mol. The Kier molecular flexibility index (Phi) is 2.83. The van der Waals surface area contributed by atoms with E-state index in [-0.39, 0.29) is 5.69 Å². The number of nitrogens with zero attached hydrogens (tertiary/aromatic N) is 2. The van der Waals surface area contributed by atoms with Crippen molar-refractivity contribution >= 4 is 16.6 Å². The van der Waals surface area contributed by atoms with Crippen molar-refractivity contribution in [1.82, 2.24) is 9.97 Å². The lowest BCUT2D eigenvalue weighted by molar-refractivity contribution is -0.385. The van der Waals surface area contributed by atoms with E-state index in [4.69, 9.17) is 4.74 Å². The number of hydrogen-bond acceptors (Lipinski definition) is 4. The van der Waals surface area contributed by atoms with Crippen molar-refractivity contribution in [2.45, 2.75) is 0 Å². The third-order valence-electron chi connectivity index (χ3n) is 3.06. The van der Waals surface area contributed by atoms with E-state index in [9.17, 15) is 10.1 Å². The van der Waals surface area contributed by atoms with Gasteiger partial charge in [0.1, 0.15) is 6.20 Å². The van der Waals surface area contributed by atoms with E-state index in [0.717, 1.165) is 16.6 Å². The maximum absolute atomic E-state index is 10.9. The van der Waals surface area contributed by atoms with Crippen LogP contribution in [-0.2, 0) is 0 Å². The van der Waals surface area contributed by atoms with Crippen LogP contribution < -0.4 is 4.74 Å². The highest BCUT2D eigenvalue weighted by molar-refractivity contribution is 5.87. The van der Waals surface area contributed by atoms with Crippen LogP contribution in [0.5, 0.6) is 5.88 Å². The van der Waals surface area contributed by atoms with Crippen molar-refractivity contribution in [3.05, 3.63) is 52.7 Å². The van der Waals surface area contributed by atoms with E-state index in [0.29, 0.717) is 11.4 Å². The Labute approximate surface area is 114 Å². The second kappa shape index (κ2) is 4.65. The third-order valence-corrected chi connectivity index (χ3v) is 3.06. The Bertz CT molecular complexity index is 762. The Balaban J connectivity index is 2.20. The second-order valence-corrected chi connectivity index (χ2v) is 4.28. The highest BCUT2D eigenvalue weighted by Gasteiger charge is 2.15. The van der Waals surface area contributed by atoms with E-state index in [1.165, 1.54) is 19.4 Å². The highest BCUT2D eigenvalue weighted by atomic mass is 16.6. The van der Waals surface area contributed by atoms with Gasteiger partial charge in [-0.1, -0.05) is 18.2 Å². The normalized spacial score (nSPS) is 10.7. The van der Waals surface area contributed by atoms with Crippen LogP contribution in [0, 0.1) is 10.1 Å². The fourth-order valence-electron chi connectivity index (χ4n) is 2.12. The number of aromatic nitrogens is 2. The van der Waals surface area contributed by atoms with Gasteiger partial charge in [0.05, 0.1) is 23.3 Å². The van der Waals surface area contributed by atoms with Gasteiger partial charge in [0.2, 0.25) is 5.88 Å². The van der Waals surface area contributed by atoms with Crippen LogP contribution in [0.2, 0.25) is 0 Å². The zero-order valence-corrected chi connectivity index (χ0v) is 10.7. The highest BCUT2D eigenvalue weighted by Crippen LogP contribution is 2.32. The number of hydrogen-bond donors (Lipinski definition) is 1. The summed E-state index contributed by atoms with van der Waals surface area (Å²) in [5.74, 6) is 0.349. The molecule has 0 amide bonds. The molecule has 20 heavy (non-hydrogen) atoms. The van der Waals surface area contributed by atoms with Crippen molar-refractivity contribution in [2.75, 3.05) is 7.11 Å². The average Bonchev–Trinajstić information content (AvgIpc) is 2.90. The number of benzene rings is 1. The Morgan fingerprint density at radius 2 is 2.10 bits per heavy atom. The number of nitro groups is 1. The number of aromatic amines is 1. The van der Waals surface area contributed by atoms with E-state index in [2.05, 4.69) is 9.97 Å². The molecule has 0 spiro atoms.